The fraction of sp³-hybridized carbons (Fsp3) is 0.364. The highest BCUT2D eigenvalue weighted by Crippen LogP contribution is 2.19. The number of primary amides is 2. The molecule has 0 saturated carbocycles. The molecule has 4 atom stereocenters. The Kier molecular flexibility index (Phi) is 10.4. The van der Waals surface area contributed by atoms with Gasteiger partial charge in [0.05, 0.1) is 18.9 Å². The van der Waals surface area contributed by atoms with Crippen LogP contribution in [0.4, 0.5) is 0 Å². The summed E-state index contributed by atoms with van der Waals surface area (Å²) in [6.07, 6.45) is 0.411. The standard InChI is InChI=1S/C22H29N7O7S/c23-12(6-17(24)30)19(32)27-15(7-18(25)31)21(34)28-14(20(33)29-16(9-37)22(35)36)5-10-8-26-13-4-2-1-3-11(10)13/h1-4,8,12,14-16,26,37H,5-7,9,23H2,(H2,24,30)(H2,25,31)(H,27,32)(H,28,34)(H,29,33)(H,35,36). The highest BCUT2D eigenvalue weighted by Gasteiger charge is 2.31. The number of amides is 5. The molecule has 200 valence electrons. The molecule has 1 aromatic heterocycles. The lowest BCUT2D eigenvalue weighted by molar-refractivity contribution is -0.141. The maximum atomic E-state index is 13.1. The predicted octanol–water partition coefficient (Wildman–Crippen LogP) is -2.74. The molecular formula is C22H29N7O7S. The van der Waals surface area contributed by atoms with Crippen molar-refractivity contribution in [1.29, 1.82) is 0 Å². The van der Waals surface area contributed by atoms with Gasteiger partial charge in [0.2, 0.25) is 29.5 Å². The van der Waals surface area contributed by atoms with Crippen LogP contribution in [0.2, 0.25) is 0 Å². The predicted molar refractivity (Wildman–Crippen MR) is 135 cm³/mol. The molecule has 2 aromatic rings. The van der Waals surface area contributed by atoms with E-state index in [1.165, 1.54) is 0 Å². The van der Waals surface area contributed by atoms with Crippen molar-refractivity contribution in [2.45, 2.75) is 43.4 Å². The fourth-order valence-electron chi connectivity index (χ4n) is 3.46. The van der Waals surface area contributed by atoms with E-state index in [4.69, 9.17) is 17.2 Å². The molecule has 11 N–H and O–H groups in total. The number of nitrogens with two attached hydrogens (primary N) is 3. The van der Waals surface area contributed by atoms with Crippen molar-refractivity contribution >= 4 is 59.0 Å². The van der Waals surface area contributed by atoms with E-state index in [1.807, 2.05) is 6.07 Å². The van der Waals surface area contributed by atoms with E-state index in [9.17, 15) is 33.9 Å². The second-order valence-corrected chi connectivity index (χ2v) is 8.58. The highest BCUT2D eigenvalue weighted by molar-refractivity contribution is 7.80. The number of thiol groups is 1. The minimum absolute atomic E-state index is 0.0705. The zero-order valence-corrected chi connectivity index (χ0v) is 20.5. The third-order valence-electron chi connectivity index (χ3n) is 5.33. The number of nitrogens with one attached hydrogen (secondary N) is 4. The topological polar surface area (TPSA) is 253 Å². The number of carboxylic acids is 1. The van der Waals surface area contributed by atoms with Gasteiger partial charge in [0.25, 0.3) is 0 Å². The second kappa shape index (κ2) is 13.3. The van der Waals surface area contributed by atoms with E-state index < -0.39 is 72.5 Å². The van der Waals surface area contributed by atoms with Gasteiger partial charge in [-0.1, -0.05) is 18.2 Å². The maximum Gasteiger partial charge on any atom is 0.327 e. The first-order valence-corrected chi connectivity index (χ1v) is 11.7. The smallest absolute Gasteiger partial charge is 0.327 e. The van der Waals surface area contributed by atoms with Crippen molar-refractivity contribution in [3.8, 4) is 0 Å². The number of aromatic nitrogens is 1. The Morgan fingerprint density at radius 1 is 0.865 bits per heavy atom. The van der Waals surface area contributed by atoms with Crippen LogP contribution in [-0.2, 0) is 35.2 Å². The molecule has 15 heteroatoms. The number of aromatic amines is 1. The summed E-state index contributed by atoms with van der Waals surface area (Å²) in [6, 6.07) is 1.59. The quantitative estimate of drug-likeness (QED) is 0.114. The van der Waals surface area contributed by atoms with Crippen LogP contribution in [-0.4, -0.2) is 75.5 Å². The molecule has 5 amide bonds. The average molecular weight is 536 g/mol. The lowest BCUT2D eigenvalue weighted by atomic mass is 10.0. The Morgan fingerprint density at radius 2 is 1.43 bits per heavy atom. The molecule has 0 aliphatic carbocycles. The molecule has 0 bridgehead atoms. The molecule has 0 fully saturated rings. The summed E-state index contributed by atoms with van der Waals surface area (Å²) in [7, 11) is 0. The molecule has 0 spiro atoms. The van der Waals surface area contributed by atoms with Crippen LogP contribution >= 0.6 is 12.6 Å². The SMILES string of the molecule is NC(=O)CC(N)C(=O)NC(CC(N)=O)C(=O)NC(Cc1c[nH]c2ccccc12)C(=O)NC(CS)C(=O)O. The van der Waals surface area contributed by atoms with E-state index in [0.29, 0.717) is 5.56 Å². The third-order valence-corrected chi connectivity index (χ3v) is 5.69. The Labute approximate surface area is 216 Å². The Morgan fingerprint density at radius 3 is 2.03 bits per heavy atom. The number of carbonyl (C=O) groups is 6. The molecule has 2 rings (SSSR count). The largest absolute Gasteiger partial charge is 0.480 e. The van der Waals surface area contributed by atoms with Crippen molar-refractivity contribution in [3.63, 3.8) is 0 Å². The third kappa shape index (κ3) is 8.50. The number of carboxylic acid groups (broad SMARTS) is 1. The van der Waals surface area contributed by atoms with Crippen molar-refractivity contribution in [2.24, 2.45) is 17.2 Å². The van der Waals surface area contributed by atoms with Gasteiger partial charge in [-0.25, -0.2) is 4.79 Å². The van der Waals surface area contributed by atoms with Crippen LogP contribution < -0.4 is 33.2 Å². The molecular weight excluding hydrogens is 506 g/mol. The molecule has 4 unspecified atom stereocenters. The first kappa shape index (κ1) is 29.1. The van der Waals surface area contributed by atoms with Gasteiger partial charge < -0.3 is 43.2 Å². The van der Waals surface area contributed by atoms with Crippen molar-refractivity contribution in [2.75, 3.05) is 5.75 Å². The van der Waals surface area contributed by atoms with Gasteiger partial charge in [0.15, 0.2) is 0 Å². The summed E-state index contributed by atoms with van der Waals surface area (Å²) in [5.41, 5.74) is 17.2. The first-order chi connectivity index (χ1) is 17.4. The molecule has 0 saturated heterocycles. The lowest BCUT2D eigenvalue weighted by Gasteiger charge is -2.24. The van der Waals surface area contributed by atoms with Gasteiger partial charge in [-0.05, 0) is 11.6 Å². The van der Waals surface area contributed by atoms with Gasteiger partial charge in [0, 0.05) is 29.3 Å². The van der Waals surface area contributed by atoms with E-state index in [2.05, 4.69) is 33.6 Å². The fourth-order valence-corrected chi connectivity index (χ4v) is 3.71. The lowest BCUT2D eigenvalue weighted by Crippen LogP contribution is -2.58. The second-order valence-electron chi connectivity index (χ2n) is 8.22. The Hall–Kier alpha value is -4.11. The molecule has 37 heavy (non-hydrogen) atoms. The highest BCUT2D eigenvalue weighted by atomic mass is 32.1. The zero-order chi connectivity index (χ0) is 27.7. The van der Waals surface area contributed by atoms with E-state index in [-0.39, 0.29) is 12.2 Å². The van der Waals surface area contributed by atoms with Gasteiger partial charge in [-0.3, -0.25) is 24.0 Å². The van der Waals surface area contributed by atoms with Crippen molar-refractivity contribution in [3.05, 3.63) is 36.0 Å². The maximum absolute atomic E-state index is 13.1. The number of H-pyrrole nitrogens is 1. The van der Waals surface area contributed by atoms with Crippen LogP contribution in [0.15, 0.2) is 30.5 Å². The first-order valence-electron chi connectivity index (χ1n) is 11.0. The molecule has 0 aliphatic rings. The van der Waals surface area contributed by atoms with Crippen LogP contribution in [0, 0.1) is 0 Å². The van der Waals surface area contributed by atoms with Crippen LogP contribution in [0.1, 0.15) is 18.4 Å². The minimum Gasteiger partial charge on any atom is -0.480 e. The zero-order valence-electron chi connectivity index (χ0n) is 19.6. The molecule has 1 heterocycles. The van der Waals surface area contributed by atoms with Gasteiger partial charge in [-0.2, -0.15) is 12.6 Å². The Bertz CT molecular complexity index is 1190. The summed E-state index contributed by atoms with van der Waals surface area (Å²) in [5, 5.41) is 17.0. The van der Waals surface area contributed by atoms with Crippen molar-refractivity contribution in [1.82, 2.24) is 20.9 Å². The number of para-hydroxylation sites is 1. The van der Waals surface area contributed by atoms with E-state index in [1.54, 1.807) is 24.4 Å². The van der Waals surface area contributed by atoms with Crippen molar-refractivity contribution < 1.29 is 33.9 Å². The summed E-state index contributed by atoms with van der Waals surface area (Å²) in [5.74, 6) is -6.09. The van der Waals surface area contributed by atoms with Gasteiger partial charge in [-0.15, -0.1) is 0 Å². The monoisotopic (exact) mass is 535 g/mol. The number of hydrogen-bond acceptors (Lipinski definition) is 8. The average Bonchev–Trinajstić information content (AvgIpc) is 3.23. The summed E-state index contributed by atoms with van der Waals surface area (Å²) < 4.78 is 0. The molecule has 0 radical (unpaired) electrons. The van der Waals surface area contributed by atoms with Gasteiger partial charge in [0.1, 0.15) is 18.1 Å². The Balaban J connectivity index is 2.30. The van der Waals surface area contributed by atoms with Crippen LogP contribution in [0.5, 0.6) is 0 Å². The number of benzene rings is 1. The van der Waals surface area contributed by atoms with E-state index >= 15 is 0 Å². The van der Waals surface area contributed by atoms with E-state index in [0.717, 1.165) is 10.9 Å². The normalized spacial score (nSPS) is 14.1. The van der Waals surface area contributed by atoms with Crippen LogP contribution in [0.3, 0.4) is 0 Å². The molecule has 0 aliphatic heterocycles. The number of fused-ring (bicyclic) bond motifs is 1. The molecule has 14 nitrogen and oxygen atoms in total. The number of carbonyl (C=O) groups excluding carboxylic acids is 5. The molecule has 1 aromatic carbocycles. The summed E-state index contributed by atoms with van der Waals surface area (Å²) in [4.78, 5) is 75.5. The minimum atomic E-state index is -1.54. The summed E-state index contributed by atoms with van der Waals surface area (Å²) >= 11 is 3.92. The number of rotatable bonds is 14. The number of hydrogen-bond donors (Lipinski definition) is 9. The van der Waals surface area contributed by atoms with Gasteiger partial charge >= 0.3 is 5.97 Å². The summed E-state index contributed by atoms with van der Waals surface area (Å²) in [6.45, 7) is 0. The number of aliphatic carboxylic acids is 1. The van der Waals surface area contributed by atoms with Crippen LogP contribution in [0.25, 0.3) is 10.9 Å².